The second kappa shape index (κ2) is 9.73. The normalized spacial score (nSPS) is 11.0. The van der Waals surface area contributed by atoms with Crippen LogP contribution >= 0.6 is 0 Å². The minimum Gasteiger partial charge on any atom is -0.453 e. The topological polar surface area (TPSA) is 64.6 Å². The highest BCUT2D eigenvalue weighted by Crippen LogP contribution is 2.35. The highest BCUT2D eigenvalue weighted by Gasteiger charge is 2.45. The molecule has 0 atom stereocenters. The van der Waals surface area contributed by atoms with E-state index < -0.39 is 11.6 Å². The summed E-state index contributed by atoms with van der Waals surface area (Å²) in [5, 5.41) is 2.69. The molecule has 0 aliphatic rings. The van der Waals surface area contributed by atoms with E-state index in [1.165, 1.54) is 0 Å². The second-order valence-corrected chi connectivity index (χ2v) is 5.77. The Balaban J connectivity index is 2.36. The molecular formula is C21H25NO4. The summed E-state index contributed by atoms with van der Waals surface area (Å²) in [5.74, 6) is -0.935. The average Bonchev–Trinajstić information content (AvgIpc) is 2.70. The summed E-state index contributed by atoms with van der Waals surface area (Å²) >= 11 is 0. The molecule has 0 fully saturated rings. The maximum absolute atomic E-state index is 13.1. The number of rotatable bonds is 9. The van der Waals surface area contributed by atoms with E-state index in [1.54, 1.807) is 0 Å². The van der Waals surface area contributed by atoms with Crippen molar-refractivity contribution in [2.24, 2.45) is 0 Å². The number of hydrogen-bond acceptors (Lipinski definition) is 4. The third-order valence-corrected chi connectivity index (χ3v) is 3.92. The van der Waals surface area contributed by atoms with Crippen LogP contribution in [0.25, 0.3) is 0 Å². The Bertz CT molecular complexity index is 661. The van der Waals surface area contributed by atoms with Gasteiger partial charge in [0.2, 0.25) is 5.60 Å². The lowest BCUT2D eigenvalue weighted by Crippen LogP contribution is -2.43. The summed E-state index contributed by atoms with van der Waals surface area (Å²) in [6.45, 7) is 4.29. The van der Waals surface area contributed by atoms with Crippen molar-refractivity contribution in [2.45, 2.75) is 25.9 Å². The SMILES string of the molecule is CCCNC(=O)COC(=O)C(OCC)(c1ccccc1)c1ccccc1. The van der Waals surface area contributed by atoms with E-state index in [9.17, 15) is 9.59 Å². The Morgan fingerprint density at radius 1 is 0.923 bits per heavy atom. The van der Waals surface area contributed by atoms with Gasteiger partial charge in [0.1, 0.15) is 0 Å². The summed E-state index contributed by atoms with van der Waals surface area (Å²) in [7, 11) is 0. The van der Waals surface area contributed by atoms with E-state index in [0.29, 0.717) is 24.3 Å². The Kier molecular flexibility index (Phi) is 7.36. The average molecular weight is 355 g/mol. The summed E-state index contributed by atoms with van der Waals surface area (Å²) in [6.07, 6.45) is 0.816. The van der Waals surface area contributed by atoms with Gasteiger partial charge in [-0.1, -0.05) is 67.6 Å². The highest BCUT2D eigenvalue weighted by molar-refractivity contribution is 5.88. The number of esters is 1. The van der Waals surface area contributed by atoms with Crippen LogP contribution in [0.2, 0.25) is 0 Å². The number of carbonyl (C=O) groups excluding carboxylic acids is 2. The summed E-state index contributed by atoms with van der Waals surface area (Å²) in [5.41, 5.74) is -0.0958. The predicted molar refractivity (Wildman–Crippen MR) is 99.5 cm³/mol. The van der Waals surface area contributed by atoms with Crippen molar-refractivity contribution in [3.05, 3.63) is 71.8 Å². The molecular weight excluding hydrogens is 330 g/mol. The van der Waals surface area contributed by atoms with Crippen LogP contribution in [0, 0.1) is 0 Å². The van der Waals surface area contributed by atoms with E-state index in [-0.39, 0.29) is 12.5 Å². The van der Waals surface area contributed by atoms with Gasteiger partial charge in [-0.15, -0.1) is 0 Å². The molecule has 0 aliphatic carbocycles. The minimum absolute atomic E-state index is 0.306. The fraction of sp³-hybridized carbons (Fsp3) is 0.333. The van der Waals surface area contributed by atoms with Crippen LogP contribution in [-0.2, 0) is 24.7 Å². The van der Waals surface area contributed by atoms with Crippen molar-refractivity contribution in [1.29, 1.82) is 0 Å². The van der Waals surface area contributed by atoms with Crippen LogP contribution in [0.5, 0.6) is 0 Å². The Labute approximate surface area is 154 Å². The molecule has 0 bridgehead atoms. The maximum atomic E-state index is 13.1. The maximum Gasteiger partial charge on any atom is 0.348 e. The van der Waals surface area contributed by atoms with Crippen molar-refractivity contribution in [1.82, 2.24) is 5.32 Å². The first-order valence-electron chi connectivity index (χ1n) is 8.84. The zero-order valence-electron chi connectivity index (χ0n) is 15.2. The first-order chi connectivity index (χ1) is 12.6. The summed E-state index contributed by atoms with van der Waals surface area (Å²) in [4.78, 5) is 24.9. The molecule has 0 radical (unpaired) electrons. The molecule has 2 rings (SSSR count). The number of amides is 1. The first-order valence-corrected chi connectivity index (χ1v) is 8.84. The van der Waals surface area contributed by atoms with E-state index in [0.717, 1.165) is 6.42 Å². The van der Waals surface area contributed by atoms with E-state index in [1.807, 2.05) is 74.5 Å². The van der Waals surface area contributed by atoms with Gasteiger partial charge in [-0.25, -0.2) is 4.79 Å². The van der Waals surface area contributed by atoms with Crippen molar-refractivity contribution < 1.29 is 19.1 Å². The molecule has 5 heteroatoms. The van der Waals surface area contributed by atoms with Crippen LogP contribution in [0.15, 0.2) is 60.7 Å². The fourth-order valence-corrected chi connectivity index (χ4v) is 2.74. The molecule has 0 spiro atoms. The monoisotopic (exact) mass is 355 g/mol. The lowest BCUT2D eigenvalue weighted by molar-refractivity contribution is -0.170. The molecule has 0 heterocycles. The van der Waals surface area contributed by atoms with Crippen LogP contribution in [0.4, 0.5) is 0 Å². The van der Waals surface area contributed by atoms with Crippen molar-refractivity contribution in [2.75, 3.05) is 19.8 Å². The van der Waals surface area contributed by atoms with Crippen LogP contribution in [0.3, 0.4) is 0 Å². The first kappa shape index (κ1) is 19.7. The molecule has 2 aromatic rings. The molecule has 1 amide bonds. The predicted octanol–water partition coefficient (Wildman–Crippen LogP) is 3.04. The molecule has 0 unspecified atom stereocenters. The molecule has 5 nitrogen and oxygen atoms in total. The Hall–Kier alpha value is -2.66. The molecule has 0 saturated carbocycles. The van der Waals surface area contributed by atoms with Crippen LogP contribution < -0.4 is 5.32 Å². The molecule has 0 saturated heterocycles. The Morgan fingerprint density at radius 3 is 1.92 bits per heavy atom. The van der Waals surface area contributed by atoms with Gasteiger partial charge >= 0.3 is 5.97 Å². The largest absolute Gasteiger partial charge is 0.453 e. The molecule has 2 aromatic carbocycles. The van der Waals surface area contributed by atoms with Gasteiger partial charge in [-0.2, -0.15) is 0 Å². The second-order valence-electron chi connectivity index (χ2n) is 5.77. The molecule has 1 N–H and O–H groups in total. The van der Waals surface area contributed by atoms with Gasteiger partial charge in [0.05, 0.1) is 0 Å². The summed E-state index contributed by atoms with van der Waals surface area (Å²) < 4.78 is 11.3. The fourth-order valence-electron chi connectivity index (χ4n) is 2.74. The number of nitrogens with one attached hydrogen (secondary N) is 1. The molecule has 26 heavy (non-hydrogen) atoms. The van der Waals surface area contributed by atoms with Gasteiger partial charge in [-0.05, 0) is 24.5 Å². The number of ether oxygens (including phenoxy) is 2. The molecule has 138 valence electrons. The number of carbonyl (C=O) groups is 2. The molecule has 0 aromatic heterocycles. The molecule has 0 aliphatic heterocycles. The highest BCUT2D eigenvalue weighted by atomic mass is 16.6. The van der Waals surface area contributed by atoms with Gasteiger partial charge < -0.3 is 14.8 Å². The van der Waals surface area contributed by atoms with Gasteiger partial charge in [0, 0.05) is 13.2 Å². The number of benzene rings is 2. The van der Waals surface area contributed by atoms with Crippen molar-refractivity contribution >= 4 is 11.9 Å². The smallest absolute Gasteiger partial charge is 0.348 e. The summed E-state index contributed by atoms with van der Waals surface area (Å²) in [6, 6.07) is 18.4. The van der Waals surface area contributed by atoms with Gasteiger partial charge in [0.25, 0.3) is 5.91 Å². The van der Waals surface area contributed by atoms with Crippen LogP contribution in [0.1, 0.15) is 31.4 Å². The third-order valence-electron chi connectivity index (χ3n) is 3.92. The van der Waals surface area contributed by atoms with E-state index in [4.69, 9.17) is 9.47 Å². The van der Waals surface area contributed by atoms with Crippen LogP contribution in [-0.4, -0.2) is 31.6 Å². The zero-order chi connectivity index (χ0) is 18.8. The number of hydrogen-bond donors (Lipinski definition) is 1. The third kappa shape index (κ3) is 4.49. The quantitative estimate of drug-likeness (QED) is 0.702. The van der Waals surface area contributed by atoms with E-state index in [2.05, 4.69) is 5.32 Å². The lowest BCUT2D eigenvalue weighted by Gasteiger charge is -2.32. The van der Waals surface area contributed by atoms with E-state index >= 15 is 0 Å². The van der Waals surface area contributed by atoms with Crippen molar-refractivity contribution in [3.8, 4) is 0 Å². The standard InChI is InChI=1S/C21H25NO4/c1-3-15-22-19(23)16-25-20(24)21(26-4-2,17-11-7-5-8-12-17)18-13-9-6-10-14-18/h5-14H,3-4,15-16H2,1-2H3,(H,22,23). The Morgan fingerprint density at radius 2 is 1.46 bits per heavy atom. The van der Waals surface area contributed by atoms with Crippen molar-refractivity contribution in [3.63, 3.8) is 0 Å². The zero-order valence-corrected chi connectivity index (χ0v) is 15.2. The lowest BCUT2D eigenvalue weighted by atomic mass is 9.86. The van der Waals surface area contributed by atoms with Gasteiger partial charge in [0.15, 0.2) is 6.61 Å². The van der Waals surface area contributed by atoms with Gasteiger partial charge in [-0.3, -0.25) is 4.79 Å². The minimum atomic E-state index is -1.41.